The number of nitrogens with two attached hydrogens (primary N) is 1. The number of benzene rings is 1. The molecular weight excluding hydrogens is 461 g/mol. The van der Waals surface area contributed by atoms with Crippen molar-refractivity contribution in [3.05, 3.63) is 64.9 Å². The first-order chi connectivity index (χ1) is 17.1. The molecule has 0 spiro atoms. The predicted molar refractivity (Wildman–Crippen MR) is 134 cm³/mol. The smallest absolute Gasteiger partial charge is 0.267 e. The first-order valence-electron chi connectivity index (χ1n) is 11.5. The van der Waals surface area contributed by atoms with E-state index in [1.165, 1.54) is 12.3 Å². The number of amides is 1. The van der Waals surface area contributed by atoms with E-state index in [-0.39, 0.29) is 16.8 Å². The number of aryl methyl sites for hydroxylation is 1. The molecule has 4 N–H and O–H groups in total. The van der Waals surface area contributed by atoms with Gasteiger partial charge in [0.2, 0.25) is 5.62 Å². The fourth-order valence-corrected chi connectivity index (χ4v) is 4.76. The van der Waals surface area contributed by atoms with Gasteiger partial charge in [-0.1, -0.05) is 0 Å². The van der Waals surface area contributed by atoms with E-state index in [0.717, 1.165) is 28.3 Å². The van der Waals surface area contributed by atoms with Gasteiger partial charge in [0.25, 0.3) is 5.91 Å². The molecule has 0 atom stereocenters. The summed E-state index contributed by atoms with van der Waals surface area (Å²) in [6.45, 7) is 6.36. The minimum Gasteiger partial charge on any atom is -0.386 e. The van der Waals surface area contributed by atoms with Crippen LogP contribution in [0.2, 0.25) is 0 Å². The number of nitrogens with one attached hydrogen (secondary N) is 1. The zero-order valence-electron chi connectivity index (χ0n) is 20.4. The van der Waals surface area contributed by atoms with Crippen LogP contribution in [0.15, 0.2) is 41.7 Å². The predicted octanol–water partition coefficient (Wildman–Crippen LogP) is 2.84. The van der Waals surface area contributed by atoms with Gasteiger partial charge in [-0.3, -0.25) is 14.8 Å². The lowest BCUT2D eigenvalue weighted by atomic mass is 9.86. The summed E-state index contributed by atoms with van der Waals surface area (Å²) >= 11 is 0. The Morgan fingerprint density at radius 2 is 2.00 bits per heavy atom. The fourth-order valence-electron chi connectivity index (χ4n) is 4.76. The van der Waals surface area contributed by atoms with Crippen LogP contribution >= 0.6 is 0 Å². The van der Waals surface area contributed by atoms with E-state index >= 15 is 4.39 Å². The molecule has 1 aromatic heterocycles. The molecule has 4 heterocycles. The molecule has 36 heavy (non-hydrogen) atoms. The van der Waals surface area contributed by atoms with Crippen molar-refractivity contribution in [3.8, 4) is 33.6 Å². The van der Waals surface area contributed by atoms with Gasteiger partial charge >= 0.3 is 0 Å². The molecule has 0 radical (unpaired) electrons. The third-order valence-electron chi connectivity index (χ3n) is 6.41. The molecule has 3 aliphatic heterocycles. The maximum Gasteiger partial charge on any atom is 0.267 e. The first-order valence-corrected chi connectivity index (χ1v) is 11.5. The summed E-state index contributed by atoms with van der Waals surface area (Å²) in [7, 11) is 1.64. The standard InChI is InChI=1S/C26H26FN7O2/c1-13-9-19(27)17(20-18(26(2,3)36)5-6-30-21(20)22(28)35)11-15(13)16-10-14-12-32-25(29-4)33-23(14)34-8-7-31-24(16)34/h5-6,9-12,31,36H,7-8H2,1-4H3,(H2,28,35). The van der Waals surface area contributed by atoms with Crippen LogP contribution in [0.25, 0.3) is 33.6 Å². The van der Waals surface area contributed by atoms with Crippen molar-refractivity contribution in [2.75, 3.05) is 18.9 Å². The minimum absolute atomic E-state index is 0.108. The van der Waals surface area contributed by atoms with Crippen LogP contribution in [0.5, 0.6) is 0 Å². The highest BCUT2D eigenvalue weighted by molar-refractivity contribution is 5.99. The quantitative estimate of drug-likeness (QED) is 0.406. The number of primary amides is 1. The normalized spacial score (nSPS) is 13.7. The Hall–Kier alpha value is -4.18. The van der Waals surface area contributed by atoms with Gasteiger partial charge in [0.1, 0.15) is 23.2 Å². The molecule has 1 amide bonds. The largest absolute Gasteiger partial charge is 0.386 e. The molecular formula is C26H26FN7O2. The number of aliphatic hydroxyl groups is 1. The number of hydrogen-bond donors (Lipinski definition) is 3. The molecule has 0 aliphatic carbocycles. The maximum atomic E-state index is 15.5. The summed E-state index contributed by atoms with van der Waals surface area (Å²) in [4.78, 5) is 29.3. The number of pyridine rings is 2. The number of carbonyl (C=O) groups excluding carboxylic acids is 1. The third kappa shape index (κ3) is 3.79. The van der Waals surface area contributed by atoms with Crippen molar-refractivity contribution in [1.29, 1.82) is 0 Å². The molecule has 0 fully saturated rings. The van der Waals surface area contributed by atoms with Crippen LogP contribution in [-0.4, -0.2) is 44.1 Å². The number of anilines is 1. The van der Waals surface area contributed by atoms with E-state index in [1.54, 1.807) is 39.2 Å². The van der Waals surface area contributed by atoms with Crippen molar-refractivity contribution in [1.82, 2.24) is 19.5 Å². The second-order valence-corrected chi connectivity index (χ2v) is 9.31. The molecule has 0 bridgehead atoms. The molecule has 184 valence electrons. The highest BCUT2D eigenvalue weighted by Gasteiger charge is 2.29. The Morgan fingerprint density at radius 3 is 2.69 bits per heavy atom. The Labute approximate surface area is 206 Å². The molecule has 0 unspecified atom stereocenters. The van der Waals surface area contributed by atoms with Gasteiger partial charge in [-0.25, -0.2) is 9.37 Å². The number of aromatic nitrogens is 4. The van der Waals surface area contributed by atoms with Gasteiger partial charge in [-0.2, -0.15) is 4.98 Å². The summed E-state index contributed by atoms with van der Waals surface area (Å²) in [5.74, 6) is 0.235. The van der Waals surface area contributed by atoms with Gasteiger partial charge < -0.3 is 20.7 Å². The van der Waals surface area contributed by atoms with Crippen LogP contribution in [0.3, 0.4) is 0 Å². The lowest BCUT2D eigenvalue weighted by Crippen LogP contribution is -2.22. The van der Waals surface area contributed by atoms with Gasteiger partial charge in [0, 0.05) is 54.8 Å². The van der Waals surface area contributed by atoms with Gasteiger partial charge in [-0.05, 0) is 61.7 Å². The minimum atomic E-state index is -1.37. The van der Waals surface area contributed by atoms with Crippen LogP contribution in [0.1, 0.15) is 35.5 Å². The number of carbonyl (C=O) groups is 1. The zero-order valence-corrected chi connectivity index (χ0v) is 20.4. The number of nitrogens with zero attached hydrogens (tertiary/aromatic N) is 5. The number of fused-ring (bicyclic) bond motifs is 3. The van der Waals surface area contributed by atoms with Crippen LogP contribution < -0.4 is 16.7 Å². The van der Waals surface area contributed by atoms with E-state index in [0.29, 0.717) is 29.8 Å². The summed E-state index contributed by atoms with van der Waals surface area (Å²) in [6.07, 6.45) is 3.11. The molecule has 0 saturated carbocycles. The zero-order chi connectivity index (χ0) is 25.8. The van der Waals surface area contributed by atoms with Crippen LogP contribution in [0, 0.1) is 12.7 Å². The van der Waals surface area contributed by atoms with Gasteiger partial charge in [0.05, 0.1) is 5.60 Å². The first kappa shape index (κ1) is 23.6. The summed E-state index contributed by atoms with van der Waals surface area (Å²) < 4.78 is 17.6. The lowest BCUT2D eigenvalue weighted by Gasteiger charge is -2.24. The molecule has 10 heteroatoms. The summed E-state index contributed by atoms with van der Waals surface area (Å²) in [6, 6.07) is 6.63. The Bertz CT molecular complexity index is 1570. The second-order valence-electron chi connectivity index (χ2n) is 9.31. The SMILES string of the molecule is CN=c1ncc2cc(-c3cc(-c4c(C(C)(C)O)ccnc4C(N)=O)c(F)cc3C)c3n(c-2n1)CCN3. The van der Waals surface area contributed by atoms with Crippen molar-refractivity contribution >= 4 is 11.7 Å². The topological polar surface area (TPSA) is 131 Å². The van der Waals surface area contributed by atoms with E-state index in [4.69, 9.17) is 5.73 Å². The Balaban J connectivity index is 1.83. The van der Waals surface area contributed by atoms with Crippen molar-refractivity contribution < 1.29 is 14.3 Å². The summed E-state index contributed by atoms with van der Waals surface area (Å²) in [5.41, 5.74) is 8.26. The molecule has 1 aromatic carbocycles. The lowest BCUT2D eigenvalue weighted by molar-refractivity contribution is 0.0789. The van der Waals surface area contributed by atoms with E-state index in [1.807, 2.05) is 13.0 Å². The molecule has 3 aliphatic rings. The van der Waals surface area contributed by atoms with Crippen molar-refractivity contribution in [3.63, 3.8) is 0 Å². The van der Waals surface area contributed by atoms with E-state index in [2.05, 4.69) is 29.8 Å². The average molecular weight is 488 g/mol. The molecule has 5 rings (SSSR count). The van der Waals surface area contributed by atoms with Crippen LogP contribution in [-0.2, 0) is 12.1 Å². The van der Waals surface area contributed by atoms with Crippen molar-refractivity contribution in [2.45, 2.75) is 32.9 Å². The highest BCUT2D eigenvalue weighted by atomic mass is 19.1. The highest BCUT2D eigenvalue weighted by Crippen LogP contribution is 2.42. The van der Waals surface area contributed by atoms with Crippen molar-refractivity contribution in [2.24, 2.45) is 10.7 Å². The van der Waals surface area contributed by atoms with E-state index in [9.17, 15) is 9.90 Å². The number of halogens is 1. The van der Waals surface area contributed by atoms with Crippen LogP contribution in [0.4, 0.5) is 10.2 Å². The fraction of sp³-hybridized carbons (Fsp3) is 0.269. The Kier molecular flexibility index (Phi) is 5.55. The van der Waals surface area contributed by atoms with E-state index < -0.39 is 17.3 Å². The monoisotopic (exact) mass is 487 g/mol. The Morgan fingerprint density at radius 1 is 1.22 bits per heavy atom. The molecule has 0 saturated heterocycles. The number of hydrogen-bond acceptors (Lipinski definition) is 7. The maximum absolute atomic E-state index is 15.5. The summed E-state index contributed by atoms with van der Waals surface area (Å²) in [5, 5.41) is 14.2. The molecule has 9 nitrogen and oxygen atoms in total. The van der Waals surface area contributed by atoms with Gasteiger partial charge in [-0.15, -0.1) is 0 Å². The van der Waals surface area contributed by atoms with Gasteiger partial charge in [0.15, 0.2) is 0 Å². The average Bonchev–Trinajstić information content (AvgIpc) is 3.33. The molecule has 2 aromatic rings. The number of rotatable bonds is 4. The third-order valence-corrected chi connectivity index (χ3v) is 6.41. The second kappa shape index (κ2) is 8.49.